The van der Waals surface area contributed by atoms with Crippen LogP contribution in [0.2, 0.25) is 0 Å². The molecule has 0 aliphatic carbocycles. The SMILES string of the molecule is CC(C)CC(CN)N1C(=O)CC(C)(C(C)C)C1=O. The predicted octanol–water partition coefficient (Wildman–Crippen LogP) is 1.78. The minimum absolute atomic E-state index is 0.0430. The third kappa shape index (κ3) is 2.58. The first-order valence-corrected chi connectivity index (χ1v) is 6.80. The monoisotopic (exact) mass is 254 g/mol. The fraction of sp³-hybridized carbons (Fsp3) is 0.857. The largest absolute Gasteiger partial charge is 0.328 e. The molecule has 18 heavy (non-hydrogen) atoms. The zero-order valence-electron chi connectivity index (χ0n) is 12.2. The Morgan fingerprint density at radius 1 is 1.28 bits per heavy atom. The summed E-state index contributed by atoms with van der Waals surface area (Å²) < 4.78 is 0. The van der Waals surface area contributed by atoms with Crippen molar-refractivity contribution < 1.29 is 9.59 Å². The molecule has 2 amide bonds. The Kier molecular flexibility index (Phi) is 4.54. The van der Waals surface area contributed by atoms with E-state index in [1.54, 1.807) is 0 Å². The first-order valence-electron chi connectivity index (χ1n) is 6.80. The third-order valence-electron chi connectivity index (χ3n) is 4.15. The first-order chi connectivity index (χ1) is 8.24. The summed E-state index contributed by atoms with van der Waals surface area (Å²) in [6.45, 7) is 10.4. The molecule has 4 heteroatoms. The van der Waals surface area contributed by atoms with Gasteiger partial charge in [-0.2, -0.15) is 0 Å². The number of hydrogen-bond donors (Lipinski definition) is 1. The summed E-state index contributed by atoms with van der Waals surface area (Å²) in [5.74, 6) is 0.479. The normalized spacial score (nSPS) is 26.6. The van der Waals surface area contributed by atoms with Crippen LogP contribution in [0.15, 0.2) is 0 Å². The van der Waals surface area contributed by atoms with E-state index in [0.29, 0.717) is 18.9 Å². The Balaban J connectivity index is 2.96. The second kappa shape index (κ2) is 5.39. The Bertz CT molecular complexity index is 339. The lowest BCUT2D eigenvalue weighted by Gasteiger charge is -2.30. The van der Waals surface area contributed by atoms with Gasteiger partial charge in [-0.05, 0) is 25.2 Å². The lowest BCUT2D eigenvalue weighted by molar-refractivity contribution is -0.144. The van der Waals surface area contributed by atoms with Crippen LogP contribution in [0.4, 0.5) is 0 Å². The summed E-state index contributed by atoms with van der Waals surface area (Å²) in [5, 5.41) is 0. The van der Waals surface area contributed by atoms with Gasteiger partial charge in [0.15, 0.2) is 0 Å². The van der Waals surface area contributed by atoms with Crippen LogP contribution in [0.1, 0.15) is 47.5 Å². The van der Waals surface area contributed by atoms with Crippen LogP contribution in [0.25, 0.3) is 0 Å². The van der Waals surface area contributed by atoms with Gasteiger partial charge in [0.05, 0.1) is 11.5 Å². The summed E-state index contributed by atoms with van der Waals surface area (Å²) in [5.41, 5.74) is 5.19. The maximum Gasteiger partial charge on any atom is 0.236 e. The number of nitrogens with two attached hydrogens (primary N) is 1. The van der Waals surface area contributed by atoms with Crippen molar-refractivity contribution in [2.75, 3.05) is 6.54 Å². The lowest BCUT2D eigenvalue weighted by Crippen LogP contribution is -2.47. The van der Waals surface area contributed by atoms with E-state index in [0.717, 1.165) is 6.42 Å². The minimum atomic E-state index is -0.554. The van der Waals surface area contributed by atoms with E-state index in [-0.39, 0.29) is 23.8 Å². The molecule has 2 N–H and O–H groups in total. The Morgan fingerprint density at radius 2 is 1.83 bits per heavy atom. The quantitative estimate of drug-likeness (QED) is 0.761. The van der Waals surface area contributed by atoms with Crippen molar-refractivity contribution in [3.8, 4) is 0 Å². The van der Waals surface area contributed by atoms with Crippen molar-refractivity contribution >= 4 is 11.8 Å². The number of carbonyl (C=O) groups excluding carboxylic acids is 2. The van der Waals surface area contributed by atoms with E-state index in [4.69, 9.17) is 5.73 Å². The second-order valence-electron chi connectivity index (χ2n) is 6.34. The third-order valence-corrected chi connectivity index (χ3v) is 4.15. The van der Waals surface area contributed by atoms with Gasteiger partial charge in [-0.15, -0.1) is 0 Å². The molecule has 0 bridgehead atoms. The number of hydrogen-bond acceptors (Lipinski definition) is 3. The van der Waals surface area contributed by atoms with Gasteiger partial charge >= 0.3 is 0 Å². The Labute approximate surface area is 110 Å². The maximum atomic E-state index is 12.5. The van der Waals surface area contributed by atoms with Gasteiger partial charge < -0.3 is 5.73 Å². The molecule has 1 fully saturated rings. The van der Waals surface area contributed by atoms with E-state index >= 15 is 0 Å². The highest BCUT2D eigenvalue weighted by molar-refractivity contribution is 6.06. The van der Waals surface area contributed by atoms with Crippen LogP contribution < -0.4 is 5.73 Å². The number of carbonyl (C=O) groups is 2. The van der Waals surface area contributed by atoms with Gasteiger partial charge in [0.25, 0.3) is 0 Å². The molecule has 2 unspecified atom stereocenters. The molecule has 1 heterocycles. The van der Waals surface area contributed by atoms with Crippen LogP contribution in [-0.2, 0) is 9.59 Å². The van der Waals surface area contributed by atoms with Gasteiger partial charge in [0.1, 0.15) is 0 Å². The van der Waals surface area contributed by atoms with Crippen molar-refractivity contribution in [1.82, 2.24) is 4.90 Å². The van der Waals surface area contributed by atoms with E-state index in [9.17, 15) is 9.59 Å². The fourth-order valence-electron chi connectivity index (χ4n) is 2.54. The van der Waals surface area contributed by atoms with Crippen molar-refractivity contribution in [3.05, 3.63) is 0 Å². The molecule has 1 aliphatic rings. The van der Waals surface area contributed by atoms with Crippen molar-refractivity contribution in [3.63, 3.8) is 0 Å². The highest BCUT2D eigenvalue weighted by Gasteiger charge is 2.51. The van der Waals surface area contributed by atoms with Crippen LogP contribution in [-0.4, -0.2) is 29.3 Å². The number of imide groups is 1. The maximum absolute atomic E-state index is 12.5. The Morgan fingerprint density at radius 3 is 2.17 bits per heavy atom. The topological polar surface area (TPSA) is 63.4 Å². The van der Waals surface area contributed by atoms with Crippen molar-refractivity contribution in [2.45, 2.75) is 53.5 Å². The van der Waals surface area contributed by atoms with Gasteiger partial charge in [-0.3, -0.25) is 14.5 Å². The average molecular weight is 254 g/mol. The summed E-state index contributed by atoms with van der Waals surface area (Å²) in [6.07, 6.45) is 1.10. The van der Waals surface area contributed by atoms with Crippen LogP contribution >= 0.6 is 0 Å². The van der Waals surface area contributed by atoms with Crippen molar-refractivity contribution in [2.24, 2.45) is 23.0 Å². The standard InChI is InChI=1S/C14H26N2O2/c1-9(2)6-11(8-15)16-12(17)7-14(5,10(3)4)13(16)18/h9-11H,6-8,15H2,1-5H3. The molecular formula is C14H26N2O2. The first kappa shape index (κ1) is 15.2. The summed E-state index contributed by atoms with van der Waals surface area (Å²) >= 11 is 0. The van der Waals surface area contributed by atoms with E-state index in [1.807, 2.05) is 20.8 Å². The van der Waals surface area contributed by atoms with E-state index in [2.05, 4.69) is 13.8 Å². The molecule has 0 radical (unpaired) electrons. The highest BCUT2D eigenvalue weighted by atomic mass is 16.2. The van der Waals surface area contributed by atoms with Crippen LogP contribution in [0.3, 0.4) is 0 Å². The van der Waals surface area contributed by atoms with Gasteiger partial charge in [0.2, 0.25) is 11.8 Å². The van der Waals surface area contributed by atoms with Gasteiger partial charge in [-0.25, -0.2) is 0 Å². The second-order valence-corrected chi connectivity index (χ2v) is 6.34. The summed E-state index contributed by atoms with van der Waals surface area (Å²) in [4.78, 5) is 26.1. The van der Waals surface area contributed by atoms with Gasteiger partial charge in [0, 0.05) is 13.0 Å². The fourth-order valence-corrected chi connectivity index (χ4v) is 2.54. The van der Waals surface area contributed by atoms with Gasteiger partial charge in [-0.1, -0.05) is 27.7 Å². The van der Waals surface area contributed by atoms with Crippen molar-refractivity contribution in [1.29, 1.82) is 0 Å². The molecule has 0 saturated carbocycles. The molecule has 1 rings (SSSR count). The molecule has 0 aromatic heterocycles. The average Bonchev–Trinajstić information content (AvgIpc) is 2.48. The summed E-state index contributed by atoms with van der Waals surface area (Å²) in [6, 6.07) is -0.148. The molecule has 1 aliphatic heterocycles. The summed E-state index contributed by atoms with van der Waals surface area (Å²) in [7, 11) is 0. The molecule has 0 spiro atoms. The van der Waals surface area contributed by atoms with E-state index < -0.39 is 5.41 Å². The van der Waals surface area contributed by atoms with Crippen LogP contribution in [0, 0.1) is 17.3 Å². The molecular weight excluding hydrogens is 228 g/mol. The number of amides is 2. The number of likely N-dealkylation sites (tertiary alicyclic amines) is 1. The number of rotatable bonds is 5. The molecule has 0 aromatic rings. The zero-order chi connectivity index (χ0) is 14.1. The molecule has 1 saturated heterocycles. The molecule has 104 valence electrons. The number of nitrogens with zero attached hydrogens (tertiary/aromatic N) is 1. The molecule has 4 nitrogen and oxygen atoms in total. The van der Waals surface area contributed by atoms with E-state index in [1.165, 1.54) is 4.90 Å². The molecule has 0 aromatic carbocycles. The molecule has 2 atom stereocenters. The smallest absolute Gasteiger partial charge is 0.236 e. The van der Waals surface area contributed by atoms with Crippen LogP contribution in [0.5, 0.6) is 0 Å². The highest BCUT2D eigenvalue weighted by Crippen LogP contribution is 2.40. The zero-order valence-corrected chi connectivity index (χ0v) is 12.2. The minimum Gasteiger partial charge on any atom is -0.328 e. The lowest BCUT2D eigenvalue weighted by atomic mass is 9.78. The Hall–Kier alpha value is -0.900. The predicted molar refractivity (Wildman–Crippen MR) is 71.7 cm³/mol.